The van der Waals surface area contributed by atoms with Crippen LogP contribution in [0.15, 0.2) is 0 Å². The Morgan fingerprint density at radius 1 is 1.07 bits per heavy atom. The van der Waals surface area contributed by atoms with E-state index < -0.39 is 0 Å². The molecule has 1 N–H and O–H groups in total. The van der Waals surface area contributed by atoms with Gasteiger partial charge in [0.05, 0.1) is 0 Å². The second-order valence-corrected chi connectivity index (χ2v) is 5.96. The number of nitrogens with one attached hydrogen (secondary N) is 1. The molecule has 0 radical (unpaired) electrons. The van der Waals surface area contributed by atoms with Crippen molar-refractivity contribution in [3.63, 3.8) is 0 Å². The number of nitrogens with zero attached hydrogens (tertiary/aromatic N) is 1. The van der Waals surface area contributed by atoms with Crippen molar-refractivity contribution in [2.75, 3.05) is 32.7 Å². The average molecular weight is 212 g/mol. The Morgan fingerprint density at radius 3 is 2.33 bits per heavy atom. The third-order valence-electron chi connectivity index (χ3n) is 3.08. The van der Waals surface area contributed by atoms with Crippen LogP contribution in [-0.2, 0) is 0 Å². The first-order chi connectivity index (χ1) is 7.08. The molecule has 1 fully saturated rings. The maximum absolute atomic E-state index is 3.54. The fraction of sp³-hybridized carbons (Fsp3) is 1.00. The molecular formula is C13H28N2. The van der Waals surface area contributed by atoms with Gasteiger partial charge < -0.3 is 10.2 Å². The zero-order valence-corrected chi connectivity index (χ0v) is 10.8. The molecule has 0 amide bonds. The summed E-state index contributed by atoms with van der Waals surface area (Å²) in [6.45, 7) is 13.2. The Balaban J connectivity index is 1.84. The van der Waals surface area contributed by atoms with Crippen molar-refractivity contribution in [2.45, 2.75) is 46.5 Å². The topological polar surface area (TPSA) is 15.3 Å². The van der Waals surface area contributed by atoms with Crippen molar-refractivity contribution in [1.82, 2.24) is 10.2 Å². The first-order valence-corrected chi connectivity index (χ1v) is 6.51. The predicted molar refractivity (Wildman–Crippen MR) is 67.2 cm³/mol. The summed E-state index contributed by atoms with van der Waals surface area (Å²) in [4.78, 5) is 2.59. The van der Waals surface area contributed by atoms with Gasteiger partial charge in [-0.15, -0.1) is 0 Å². The van der Waals surface area contributed by atoms with Gasteiger partial charge in [0.15, 0.2) is 0 Å². The number of likely N-dealkylation sites (tertiary alicyclic amines) is 1. The molecule has 0 unspecified atom stereocenters. The van der Waals surface area contributed by atoms with Crippen molar-refractivity contribution in [2.24, 2.45) is 5.41 Å². The third-order valence-corrected chi connectivity index (χ3v) is 3.08. The molecular weight excluding hydrogens is 184 g/mol. The molecule has 1 rings (SSSR count). The first-order valence-electron chi connectivity index (χ1n) is 6.51. The SMILES string of the molecule is CC(C)(C)CCNCCCN1CCCC1. The van der Waals surface area contributed by atoms with Gasteiger partial charge in [-0.1, -0.05) is 20.8 Å². The van der Waals surface area contributed by atoms with Crippen LogP contribution in [0.1, 0.15) is 46.5 Å². The Morgan fingerprint density at radius 2 is 1.73 bits per heavy atom. The normalized spacial score (nSPS) is 18.6. The summed E-state index contributed by atoms with van der Waals surface area (Å²) in [5.74, 6) is 0. The summed E-state index contributed by atoms with van der Waals surface area (Å²) in [7, 11) is 0. The smallest absolute Gasteiger partial charge is 0.000664 e. The highest BCUT2D eigenvalue weighted by Gasteiger charge is 2.10. The molecule has 0 saturated carbocycles. The predicted octanol–water partition coefficient (Wildman–Crippen LogP) is 2.50. The van der Waals surface area contributed by atoms with Crippen LogP contribution in [0.25, 0.3) is 0 Å². The van der Waals surface area contributed by atoms with E-state index in [4.69, 9.17) is 0 Å². The van der Waals surface area contributed by atoms with Gasteiger partial charge in [-0.2, -0.15) is 0 Å². The summed E-state index contributed by atoms with van der Waals surface area (Å²) in [6.07, 6.45) is 5.41. The van der Waals surface area contributed by atoms with Crippen LogP contribution in [0.3, 0.4) is 0 Å². The van der Waals surface area contributed by atoms with E-state index in [0.717, 1.165) is 0 Å². The van der Waals surface area contributed by atoms with E-state index in [-0.39, 0.29) is 0 Å². The monoisotopic (exact) mass is 212 g/mol. The van der Waals surface area contributed by atoms with E-state index in [1.54, 1.807) is 0 Å². The van der Waals surface area contributed by atoms with Crippen LogP contribution < -0.4 is 5.32 Å². The third kappa shape index (κ3) is 6.91. The summed E-state index contributed by atoms with van der Waals surface area (Å²) in [5.41, 5.74) is 0.474. The number of hydrogen-bond donors (Lipinski definition) is 1. The lowest BCUT2D eigenvalue weighted by molar-refractivity contribution is 0.325. The summed E-state index contributed by atoms with van der Waals surface area (Å²) in [6, 6.07) is 0. The van der Waals surface area contributed by atoms with Gasteiger partial charge in [0.1, 0.15) is 0 Å². The van der Waals surface area contributed by atoms with Crippen LogP contribution >= 0.6 is 0 Å². The number of hydrogen-bond acceptors (Lipinski definition) is 2. The van der Waals surface area contributed by atoms with Gasteiger partial charge in [0, 0.05) is 0 Å². The van der Waals surface area contributed by atoms with Crippen molar-refractivity contribution in [3.05, 3.63) is 0 Å². The summed E-state index contributed by atoms with van der Waals surface area (Å²) >= 11 is 0. The van der Waals surface area contributed by atoms with Gasteiger partial charge in [-0.3, -0.25) is 0 Å². The molecule has 1 aliphatic heterocycles. The molecule has 90 valence electrons. The fourth-order valence-corrected chi connectivity index (χ4v) is 2.02. The van der Waals surface area contributed by atoms with E-state index in [1.807, 2.05) is 0 Å². The highest BCUT2D eigenvalue weighted by molar-refractivity contribution is 4.67. The van der Waals surface area contributed by atoms with Gasteiger partial charge in [0.2, 0.25) is 0 Å². The van der Waals surface area contributed by atoms with Crippen molar-refractivity contribution < 1.29 is 0 Å². The van der Waals surface area contributed by atoms with E-state index >= 15 is 0 Å². The quantitative estimate of drug-likeness (QED) is 0.681. The van der Waals surface area contributed by atoms with E-state index in [1.165, 1.54) is 58.4 Å². The van der Waals surface area contributed by atoms with Crippen LogP contribution in [0.5, 0.6) is 0 Å². The Hall–Kier alpha value is -0.0800. The molecule has 1 heterocycles. The van der Waals surface area contributed by atoms with Gasteiger partial charge in [-0.05, 0) is 63.8 Å². The van der Waals surface area contributed by atoms with Crippen molar-refractivity contribution >= 4 is 0 Å². The maximum atomic E-state index is 3.54. The fourth-order valence-electron chi connectivity index (χ4n) is 2.02. The summed E-state index contributed by atoms with van der Waals surface area (Å²) < 4.78 is 0. The molecule has 1 saturated heterocycles. The highest BCUT2D eigenvalue weighted by Crippen LogP contribution is 2.16. The molecule has 1 aliphatic rings. The molecule has 15 heavy (non-hydrogen) atoms. The van der Waals surface area contributed by atoms with E-state index in [0.29, 0.717) is 5.41 Å². The zero-order chi connectivity index (χ0) is 11.1. The van der Waals surface area contributed by atoms with Crippen LogP contribution in [0.4, 0.5) is 0 Å². The standard InChI is InChI=1S/C13H28N2/c1-13(2,3)7-9-14-8-6-12-15-10-4-5-11-15/h14H,4-12H2,1-3H3. The number of rotatable bonds is 6. The molecule has 0 aromatic rings. The lowest BCUT2D eigenvalue weighted by atomic mass is 9.92. The Labute approximate surface area is 95.4 Å². The molecule has 0 aliphatic carbocycles. The average Bonchev–Trinajstić information content (AvgIpc) is 2.61. The first kappa shape index (κ1) is 13.0. The van der Waals surface area contributed by atoms with Gasteiger partial charge in [-0.25, -0.2) is 0 Å². The molecule has 0 atom stereocenters. The van der Waals surface area contributed by atoms with E-state index in [9.17, 15) is 0 Å². The molecule has 0 bridgehead atoms. The lowest BCUT2D eigenvalue weighted by Crippen LogP contribution is -2.26. The minimum Gasteiger partial charge on any atom is -0.317 e. The molecule has 0 spiro atoms. The van der Waals surface area contributed by atoms with E-state index in [2.05, 4.69) is 31.0 Å². The second-order valence-electron chi connectivity index (χ2n) is 5.96. The zero-order valence-electron chi connectivity index (χ0n) is 10.8. The molecule has 2 heteroatoms. The minimum absolute atomic E-state index is 0.474. The highest BCUT2D eigenvalue weighted by atomic mass is 15.1. The van der Waals surface area contributed by atoms with Crippen LogP contribution in [0.2, 0.25) is 0 Å². The molecule has 2 nitrogen and oxygen atoms in total. The molecule has 0 aromatic heterocycles. The van der Waals surface area contributed by atoms with Crippen LogP contribution in [0, 0.1) is 5.41 Å². The molecule has 0 aromatic carbocycles. The minimum atomic E-state index is 0.474. The van der Waals surface area contributed by atoms with Gasteiger partial charge in [0.25, 0.3) is 0 Å². The maximum Gasteiger partial charge on any atom is -0.000664 e. The Bertz CT molecular complexity index is 154. The Kier molecular flexibility index (Phi) is 5.62. The second kappa shape index (κ2) is 6.49. The largest absolute Gasteiger partial charge is 0.317 e. The van der Waals surface area contributed by atoms with Gasteiger partial charge >= 0.3 is 0 Å². The van der Waals surface area contributed by atoms with Crippen LogP contribution in [-0.4, -0.2) is 37.6 Å². The van der Waals surface area contributed by atoms with Crippen molar-refractivity contribution in [3.8, 4) is 0 Å². The summed E-state index contributed by atoms with van der Waals surface area (Å²) in [5, 5.41) is 3.54. The van der Waals surface area contributed by atoms with Crippen molar-refractivity contribution in [1.29, 1.82) is 0 Å². The lowest BCUT2D eigenvalue weighted by Gasteiger charge is -2.18.